The minimum atomic E-state index is -1.09. The molecule has 1 heterocycles. The van der Waals surface area contributed by atoms with Crippen LogP contribution in [-0.4, -0.2) is 71.2 Å². The van der Waals surface area contributed by atoms with E-state index in [4.69, 9.17) is 15.2 Å². The summed E-state index contributed by atoms with van der Waals surface area (Å²) in [6, 6.07) is -0.874. The number of carbonyl (C=O) groups excluding carboxylic acids is 4. The molecule has 0 aliphatic carbocycles. The second-order valence-corrected chi connectivity index (χ2v) is 10.2. The van der Waals surface area contributed by atoms with Crippen molar-refractivity contribution in [1.82, 2.24) is 15.3 Å². The molecule has 1 aliphatic heterocycles. The van der Waals surface area contributed by atoms with Gasteiger partial charge < -0.3 is 24.9 Å². The highest BCUT2D eigenvalue weighted by atomic mass is 16.6. The first-order valence-corrected chi connectivity index (χ1v) is 12.5. The van der Waals surface area contributed by atoms with Crippen LogP contribution in [0, 0.1) is 5.92 Å². The summed E-state index contributed by atoms with van der Waals surface area (Å²) in [5.41, 5.74) is 6.88. The summed E-state index contributed by atoms with van der Waals surface area (Å²) in [5.74, 6) is -0.604. The van der Waals surface area contributed by atoms with E-state index >= 15 is 0 Å². The van der Waals surface area contributed by atoms with Crippen molar-refractivity contribution in [2.45, 2.75) is 97.2 Å². The van der Waals surface area contributed by atoms with E-state index in [-0.39, 0.29) is 12.5 Å². The van der Waals surface area contributed by atoms with Crippen molar-refractivity contribution < 1.29 is 28.7 Å². The van der Waals surface area contributed by atoms with Crippen LogP contribution in [0.25, 0.3) is 0 Å². The topological polar surface area (TPSA) is 131 Å². The van der Waals surface area contributed by atoms with Crippen LogP contribution >= 0.6 is 0 Å². The molecule has 0 aromatic rings. The second kappa shape index (κ2) is 14.1. The van der Waals surface area contributed by atoms with Crippen molar-refractivity contribution in [3.05, 3.63) is 12.2 Å². The summed E-state index contributed by atoms with van der Waals surface area (Å²) in [6.07, 6.45) is 8.47. The Balaban J connectivity index is 2.59. The Hall–Kier alpha value is -2.62. The van der Waals surface area contributed by atoms with Gasteiger partial charge in [0.15, 0.2) is 0 Å². The first-order chi connectivity index (χ1) is 16.3. The van der Waals surface area contributed by atoms with Crippen LogP contribution in [0.2, 0.25) is 0 Å². The number of aldehydes is 1. The summed E-state index contributed by atoms with van der Waals surface area (Å²) in [5, 5.41) is 1.24. The fourth-order valence-electron chi connectivity index (χ4n) is 3.62. The van der Waals surface area contributed by atoms with Gasteiger partial charge in [0.2, 0.25) is 0 Å². The smallest absolute Gasteiger partial charge is 0.426 e. The molecule has 0 aromatic carbocycles. The maximum Gasteiger partial charge on any atom is 0.426 e. The molecule has 1 aliphatic rings. The monoisotopic (exact) mass is 496 g/mol. The third kappa shape index (κ3) is 10.3. The molecule has 1 saturated heterocycles. The van der Waals surface area contributed by atoms with Gasteiger partial charge in [-0.15, -0.1) is 0 Å². The largest absolute Gasteiger partial charge is 0.465 e. The summed E-state index contributed by atoms with van der Waals surface area (Å²) < 4.78 is 10.3. The summed E-state index contributed by atoms with van der Waals surface area (Å²) in [4.78, 5) is 50.1. The molecule has 0 bridgehead atoms. The van der Waals surface area contributed by atoms with Crippen LogP contribution in [0.4, 0.5) is 9.59 Å². The number of allylic oxidation sites excluding steroid dienone is 1. The van der Waals surface area contributed by atoms with E-state index in [2.05, 4.69) is 5.43 Å². The Kier molecular flexibility index (Phi) is 12.2. The van der Waals surface area contributed by atoms with Gasteiger partial charge in [-0.3, -0.25) is 4.79 Å². The number of unbranched alkanes of at least 4 members (excludes halogenated alkanes) is 3. The molecular weight excluding hydrogens is 452 g/mol. The van der Waals surface area contributed by atoms with Crippen molar-refractivity contribution in [1.29, 1.82) is 0 Å². The molecule has 10 heteroatoms. The summed E-state index contributed by atoms with van der Waals surface area (Å²) in [7, 11) is 0. The number of hydrazine groups is 1. The van der Waals surface area contributed by atoms with Gasteiger partial charge in [-0.2, -0.15) is 0 Å². The molecule has 1 fully saturated rings. The van der Waals surface area contributed by atoms with Crippen molar-refractivity contribution in [2.24, 2.45) is 11.7 Å². The first kappa shape index (κ1) is 30.4. The maximum atomic E-state index is 13.0. The Morgan fingerprint density at radius 1 is 1.20 bits per heavy atom. The molecule has 3 amide bonds. The average molecular weight is 497 g/mol. The third-order valence-electron chi connectivity index (χ3n) is 5.90. The molecule has 200 valence electrons. The number of urea groups is 1. The molecule has 0 saturated carbocycles. The normalized spacial score (nSPS) is 18.6. The molecule has 3 unspecified atom stereocenters. The Morgan fingerprint density at radius 2 is 1.89 bits per heavy atom. The van der Waals surface area contributed by atoms with Crippen LogP contribution in [0.1, 0.15) is 80.1 Å². The van der Waals surface area contributed by atoms with E-state index in [1.54, 1.807) is 34.6 Å². The number of nitrogens with two attached hydrogens (primary N) is 1. The lowest BCUT2D eigenvalue weighted by molar-refractivity contribution is -0.150. The number of likely N-dealkylation sites (tertiary alicyclic amines) is 1. The van der Waals surface area contributed by atoms with Gasteiger partial charge in [-0.05, 0) is 66.7 Å². The van der Waals surface area contributed by atoms with Gasteiger partial charge in [0.05, 0.1) is 12.6 Å². The molecule has 1 rings (SSSR count). The molecular formula is C25H44N4O6. The number of rotatable bonds is 11. The van der Waals surface area contributed by atoms with E-state index < -0.39 is 35.3 Å². The fraction of sp³-hybridized carbons (Fsp3) is 0.760. The Morgan fingerprint density at radius 3 is 2.49 bits per heavy atom. The zero-order chi connectivity index (χ0) is 26.6. The van der Waals surface area contributed by atoms with Crippen LogP contribution in [0.3, 0.4) is 0 Å². The average Bonchev–Trinajstić information content (AvgIpc) is 3.24. The number of hydrogen-bond acceptors (Lipinski definition) is 7. The highest BCUT2D eigenvalue weighted by Crippen LogP contribution is 2.19. The lowest BCUT2D eigenvalue weighted by Gasteiger charge is -2.31. The van der Waals surface area contributed by atoms with Gasteiger partial charge in [0.1, 0.15) is 17.4 Å². The van der Waals surface area contributed by atoms with E-state index in [0.29, 0.717) is 25.9 Å². The number of ether oxygens (including phenoxy) is 2. The number of carbonyl (C=O) groups is 4. The van der Waals surface area contributed by atoms with Crippen molar-refractivity contribution >= 4 is 24.4 Å². The lowest BCUT2D eigenvalue weighted by Crippen LogP contribution is -2.54. The molecule has 0 radical (unpaired) electrons. The molecule has 10 nitrogen and oxygen atoms in total. The summed E-state index contributed by atoms with van der Waals surface area (Å²) in [6.45, 7) is 11.6. The van der Waals surface area contributed by atoms with E-state index in [9.17, 15) is 19.2 Å². The van der Waals surface area contributed by atoms with Crippen LogP contribution in [0.5, 0.6) is 0 Å². The number of amides is 3. The van der Waals surface area contributed by atoms with Crippen molar-refractivity contribution in [3.8, 4) is 0 Å². The van der Waals surface area contributed by atoms with Crippen molar-refractivity contribution in [2.75, 3.05) is 19.7 Å². The Bertz CT molecular complexity index is 747. The molecule has 3 N–H and O–H groups in total. The van der Waals surface area contributed by atoms with E-state index in [1.165, 1.54) is 9.91 Å². The minimum Gasteiger partial charge on any atom is -0.465 e. The van der Waals surface area contributed by atoms with E-state index in [1.807, 2.05) is 19.1 Å². The standard InChI is InChI=1S/C25H44N4O6/c1-7-34-21(31)25(6,26)19(2)14-11-9-8-10-12-17-29(27-22(32)35-24(3,4)5)23(33)28-16-13-15-20(28)18-30/h11,14,18-20H,7-10,12-13,15-17,26H2,1-6H3,(H,27,32)/b14-11-. The zero-order valence-electron chi connectivity index (χ0n) is 22.2. The van der Waals surface area contributed by atoms with Gasteiger partial charge in [0, 0.05) is 19.0 Å². The van der Waals surface area contributed by atoms with Crippen LogP contribution in [-0.2, 0) is 19.1 Å². The fourth-order valence-corrected chi connectivity index (χ4v) is 3.62. The number of hydrogen-bond donors (Lipinski definition) is 2. The lowest BCUT2D eigenvalue weighted by atomic mass is 9.87. The van der Waals surface area contributed by atoms with Gasteiger partial charge in [0.25, 0.3) is 0 Å². The molecule has 35 heavy (non-hydrogen) atoms. The first-order valence-electron chi connectivity index (χ1n) is 12.5. The molecule has 0 spiro atoms. The highest BCUT2D eigenvalue weighted by Gasteiger charge is 2.35. The van der Waals surface area contributed by atoms with Crippen LogP contribution < -0.4 is 11.2 Å². The second-order valence-electron chi connectivity index (χ2n) is 10.2. The van der Waals surface area contributed by atoms with Gasteiger partial charge in [-0.1, -0.05) is 25.5 Å². The number of nitrogens with one attached hydrogen (secondary N) is 1. The maximum absolute atomic E-state index is 13.0. The SMILES string of the molecule is CCOC(=O)C(C)(N)C(C)/C=C\CCCCCN(NC(=O)OC(C)(C)C)C(=O)N1CCCC1C=O. The van der Waals surface area contributed by atoms with Gasteiger partial charge >= 0.3 is 18.1 Å². The predicted molar refractivity (Wildman–Crippen MR) is 133 cm³/mol. The molecule has 3 atom stereocenters. The summed E-state index contributed by atoms with van der Waals surface area (Å²) >= 11 is 0. The Labute approximate surface area is 209 Å². The minimum absolute atomic E-state index is 0.182. The highest BCUT2D eigenvalue weighted by molar-refractivity contribution is 5.81. The van der Waals surface area contributed by atoms with Crippen LogP contribution in [0.15, 0.2) is 12.2 Å². The quantitative estimate of drug-likeness (QED) is 0.147. The van der Waals surface area contributed by atoms with E-state index in [0.717, 1.165) is 32.0 Å². The number of nitrogens with zero attached hydrogens (tertiary/aromatic N) is 2. The zero-order valence-corrected chi connectivity index (χ0v) is 22.2. The number of esters is 1. The molecule has 0 aromatic heterocycles. The third-order valence-corrected chi connectivity index (χ3v) is 5.90. The van der Waals surface area contributed by atoms with Gasteiger partial charge in [-0.25, -0.2) is 20.0 Å². The predicted octanol–water partition coefficient (Wildman–Crippen LogP) is 3.54. The van der Waals surface area contributed by atoms with Crippen molar-refractivity contribution in [3.63, 3.8) is 0 Å².